The van der Waals surface area contributed by atoms with Gasteiger partial charge in [0.05, 0.1) is 18.3 Å². The fourth-order valence-corrected chi connectivity index (χ4v) is 3.19. The molecule has 0 N–H and O–H groups in total. The monoisotopic (exact) mass is 395 g/mol. The Hall–Kier alpha value is -3.36. The second-order valence-electron chi connectivity index (χ2n) is 6.96. The highest BCUT2D eigenvalue weighted by Crippen LogP contribution is 2.22. The van der Waals surface area contributed by atoms with E-state index in [1.165, 1.54) is 6.07 Å². The molecular weight excluding hydrogens is 373 g/mol. The van der Waals surface area contributed by atoms with Gasteiger partial charge in [0.25, 0.3) is 0 Å². The van der Waals surface area contributed by atoms with E-state index in [9.17, 15) is 4.39 Å². The number of aromatic nitrogens is 7. The molecule has 0 fully saturated rings. The number of fused-ring (bicyclic) bond motifs is 1. The predicted molar refractivity (Wildman–Crippen MR) is 105 cm³/mol. The summed E-state index contributed by atoms with van der Waals surface area (Å²) < 4.78 is 23.3. The molecule has 4 rings (SSSR count). The topological polar surface area (TPSA) is 83.0 Å². The molecule has 0 atom stereocenters. The van der Waals surface area contributed by atoms with Crippen molar-refractivity contribution in [2.45, 2.75) is 46.3 Å². The van der Waals surface area contributed by atoms with Crippen LogP contribution in [0.25, 0.3) is 17.2 Å². The van der Waals surface area contributed by atoms with Crippen LogP contribution >= 0.6 is 0 Å². The Balaban J connectivity index is 1.74. The summed E-state index contributed by atoms with van der Waals surface area (Å²) in [5, 5.41) is 4.35. The van der Waals surface area contributed by atoms with Gasteiger partial charge in [-0.15, -0.1) is 5.10 Å². The smallest absolute Gasteiger partial charge is 0.336 e. The molecule has 150 valence electrons. The average molecular weight is 395 g/mol. The Morgan fingerprint density at radius 1 is 1.17 bits per heavy atom. The molecule has 0 bridgehead atoms. The highest BCUT2D eigenvalue weighted by Gasteiger charge is 2.18. The van der Waals surface area contributed by atoms with Gasteiger partial charge in [-0.25, -0.2) is 19.3 Å². The SMILES string of the molecule is CCCc1c(Cn2ccnc2-c2ncccc2F)ncn2nc(OC(C)C)nc12. The molecule has 0 saturated heterocycles. The van der Waals surface area contributed by atoms with Crippen LogP contribution in [0.5, 0.6) is 6.01 Å². The molecule has 4 aromatic heterocycles. The minimum absolute atomic E-state index is 0.0174. The molecule has 0 saturated carbocycles. The maximum absolute atomic E-state index is 14.2. The van der Waals surface area contributed by atoms with Gasteiger partial charge in [-0.05, 0) is 32.4 Å². The predicted octanol–water partition coefficient (Wildman–Crippen LogP) is 3.31. The molecule has 0 aliphatic carbocycles. The second kappa shape index (κ2) is 7.94. The molecule has 29 heavy (non-hydrogen) atoms. The van der Waals surface area contributed by atoms with Crippen molar-refractivity contribution in [1.29, 1.82) is 0 Å². The lowest BCUT2D eigenvalue weighted by molar-refractivity contribution is 0.222. The minimum Gasteiger partial charge on any atom is -0.460 e. The third kappa shape index (κ3) is 3.80. The number of aryl methyl sites for hydroxylation is 1. The summed E-state index contributed by atoms with van der Waals surface area (Å²) in [5.74, 6) is 0.0441. The van der Waals surface area contributed by atoms with Crippen LogP contribution in [0.4, 0.5) is 4.39 Å². The lowest BCUT2D eigenvalue weighted by Crippen LogP contribution is -2.10. The van der Waals surface area contributed by atoms with E-state index in [-0.39, 0.29) is 11.8 Å². The number of imidazole rings is 1. The molecule has 0 spiro atoms. The first-order valence-corrected chi connectivity index (χ1v) is 9.58. The van der Waals surface area contributed by atoms with Crippen LogP contribution in [0, 0.1) is 5.82 Å². The van der Waals surface area contributed by atoms with Crippen LogP contribution in [0.3, 0.4) is 0 Å². The minimum atomic E-state index is -0.412. The van der Waals surface area contributed by atoms with Crippen molar-refractivity contribution in [1.82, 2.24) is 34.1 Å². The van der Waals surface area contributed by atoms with Gasteiger partial charge in [-0.1, -0.05) is 13.3 Å². The lowest BCUT2D eigenvalue weighted by Gasteiger charge is -2.11. The number of hydrogen-bond acceptors (Lipinski definition) is 6. The zero-order chi connectivity index (χ0) is 20.4. The standard InChI is InChI=1S/C20H22FN7O/c1-4-6-14-16(24-12-28-18(14)25-20(26-28)29-13(2)3)11-27-10-9-23-19(27)17-15(21)7-5-8-22-17/h5,7-10,12-13H,4,6,11H2,1-3H3. The molecule has 0 unspecified atom stereocenters. The zero-order valence-electron chi connectivity index (χ0n) is 16.6. The maximum atomic E-state index is 14.2. The highest BCUT2D eigenvalue weighted by atomic mass is 19.1. The fourth-order valence-electron chi connectivity index (χ4n) is 3.19. The molecule has 0 radical (unpaired) electrons. The number of halogens is 1. The molecule has 0 amide bonds. The summed E-state index contributed by atoms with van der Waals surface area (Å²) in [5.41, 5.74) is 2.75. The van der Waals surface area contributed by atoms with Crippen LogP contribution < -0.4 is 4.74 Å². The van der Waals surface area contributed by atoms with Crippen LogP contribution in [0.15, 0.2) is 37.1 Å². The van der Waals surface area contributed by atoms with Gasteiger partial charge < -0.3 is 9.30 Å². The van der Waals surface area contributed by atoms with E-state index in [0.717, 1.165) is 29.7 Å². The van der Waals surface area contributed by atoms with Gasteiger partial charge in [-0.2, -0.15) is 9.50 Å². The van der Waals surface area contributed by atoms with Crippen molar-refractivity contribution in [2.24, 2.45) is 0 Å². The van der Waals surface area contributed by atoms with E-state index in [1.807, 2.05) is 18.4 Å². The third-order valence-electron chi connectivity index (χ3n) is 4.40. The van der Waals surface area contributed by atoms with E-state index < -0.39 is 5.82 Å². The maximum Gasteiger partial charge on any atom is 0.336 e. The Labute approximate surface area is 167 Å². The summed E-state index contributed by atoms with van der Waals surface area (Å²) in [6.07, 6.45) is 8.30. The highest BCUT2D eigenvalue weighted by molar-refractivity contribution is 5.52. The number of hydrogen-bond donors (Lipinski definition) is 0. The summed E-state index contributed by atoms with van der Waals surface area (Å²) in [4.78, 5) is 17.6. The molecule has 4 aromatic rings. The Bertz CT molecular complexity index is 1140. The van der Waals surface area contributed by atoms with E-state index in [0.29, 0.717) is 18.4 Å². The van der Waals surface area contributed by atoms with Crippen molar-refractivity contribution in [3.63, 3.8) is 0 Å². The van der Waals surface area contributed by atoms with Crippen molar-refractivity contribution in [3.05, 3.63) is 54.1 Å². The Kier molecular flexibility index (Phi) is 5.20. The van der Waals surface area contributed by atoms with Crippen LogP contribution in [-0.2, 0) is 13.0 Å². The van der Waals surface area contributed by atoms with Gasteiger partial charge >= 0.3 is 6.01 Å². The summed E-state index contributed by atoms with van der Waals surface area (Å²) in [7, 11) is 0. The summed E-state index contributed by atoms with van der Waals surface area (Å²) in [6, 6.07) is 3.26. The fraction of sp³-hybridized carbons (Fsp3) is 0.350. The van der Waals surface area contributed by atoms with Gasteiger partial charge in [0.2, 0.25) is 0 Å². The average Bonchev–Trinajstić information content (AvgIpc) is 3.30. The van der Waals surface area contributed by atoms with E-state index in [2.05, 4.69) is 32.0 Å². The number of pyridine rings is 1. The first kappa shape index (κ1) is 19.0. The van der Waals surface area contributed by atoms with Crippen molar-refractivity contribution >= 4 is 5.65 Å². The van der Waals surface area contributed by atoms with Crippen LogP contribution in [0.1, 0.15) is 38.4 Å². The molecule has 9 heteroatoms. The lowest BCUT2D eigenvalue weighted by atomic mass is 10.1. The normalized spacial score (nSPS) is 11.5. The van der Waals surface area contributed by atoms with Gasteiger partial charge in [0.15, 0.2) is 17.3 Å². The largest absolute Gasteiger partial charge is 0.460 e. The van der Waals surface area contributed by atoms with E-state index >= 15 is 0 Å². The molecule has 0 aromatic carbocycles. The molecule has 0 aliphatic rings. The first-order chi connectivity index (χ1) is 14.1. The quantitative estimate of drug-likeness (QED) is 0.477. The van der Waals surface area contributed by atoms with Crippen LogP contribution in [0.2, 0.25) is 0 Å². The zero-order valence-corrected chi connectivity index (χ0v) is 16.6. The van der Waals surface area contributed by atoms with Crippen molar-refractivity contribution in [2.75, 3.05) is 0 Å². The second-order valence-corrected chi connectivity index (χ2v) is 6.96. The summed E-state index contributed by atoms with van der Waals surface area (Å²) >= 11 is 0. The van der Waals surface area contributed by atoms with Gasteiger partial charge in [0, 0.05) is 24.2 Å². The third-order valence-corrected chi connectivity index (χ3v) is 4.40. The molecule has 4 heterocycles. The Morgan fingerprint density at radius 3 is 2.79 bits per heavy atom. The number of nitrogens with zero attached hydrogens (tertiary/aromatic N) is 7. The van der Waals surface area contributed by atoms with Crippen molar-refractivity contribution in [3.8, 4) is 17.5 Å². The van der Waals surface area contributed by atoms with Gasteiger partial charge in [0.1, 0.15) is 12.0 Å². The van der Waals surface area contributed by atoms with E-state index in [1.54, 1.807) is 35.5 Å². The van der Waals surface area contributed by atoms with E-state index in [4.69, 9.17) is 4.74 Å². The summed E-state index contributed by atoms with van der Waals surface area (Å²) in [6.45, 7) is 6.38. The Morgan fingerprint density at radius 2 is 2.03 bits per heavy atom. The molecule has 0 aliphatic heterocycles. The molecule has 8 nitrogen and oxygen atoms in total. The van der Waals surface area contributed by atoms with Gasteiger partial charge in [-0.3, -0.25) is 0 Å². The van der Waals surface area contributed by atoms with Crippen LogP contribution in [-0.4, -0.2) is 40.2 Å². The number of rotatable bonds is 7. The first-order valence-electron chi connectivity index (χ1n) is 9.58. The molecular formula is C20H22FN7O. The number of ether oxygens (including phenoxy) is 1. The van der Waals surface area contributed by atoms with Crippen molar-refractivity contribution < 1.29 is 9.13 Å².